The zero-order valence-electron chi connectivity index (χ0n) is 10.2. The molecule has 0 fully saturated rings. The number of rotatable bonds is 5. The Kier molecular flexibility index (Phi) is 6.26. The SMILES string of the molecule is BC(=C)C(/C=C(/C)C(CC)CC)=N/C. The van der Waals surface area contributed by atoms with Gasteiger partial charge in [0.2, 0.25) is 0 Å². The summed E-state index contributed by atoms with van der Waals surface area (Å²) in [6, 6.07) is 0. The molecule has 1 nitrogen and oxygen atoms in total. The van der Waals surface area contributed by atoms with Crippen LogP contribution in [0.15, 0.2) is 28.7 Å². The summed E-state index contributed by atoms with van der Waals surface area (Å²) in [6.45, 7) is 10.6. The van der Waals surface area contributed by atoms with Crippen molar-refractivity contribution in [3.05, 3.63) is 23.7 Å². The predicted molar refractivity (Wildman–Crippen MR) is 68.9 cm³/mol. The molecule has 0 heterocycles. The maximum Gasteiger partial charge on any atom is 0.141 e. The van der Waals surface area contributed by atoms with E-state index in [2.05, 4.69) is 38.4 Å². The highest BCUT2D eigenvalue weighted by atomic mass is 14.7. The van der Waals surface area contributed by atoms with Crippen LogP contribution < -0.4 is 0 Å². The fourth-order valence-electron chi connectivity index (χ4n) is 1.64. The zero-order valence-corrected chi connectivity index (χ0v) is 10.2. The van der Waals surface area contributed by atoms with Crippen LogP contribution in [-0.2, 0) is 0 Å². The molecule has 0 aliphatic carbocycles. The molecule has 0 spiro atoms. The number of hydrogen-bond donors (Lipinski definition) is 0. The van der Waals surface area contributed by atoms with Crippen LogP contribution in [0.3, 0.4) is 0 Å². The van der Waals surface area contributed by atoms with Crippen LogP contribution in [0, 0.1) is 5.92 Å². The Hall–Kier alpha value is -0.785. The molecule has 0 atom stereocenters. The Morgan fingerprint density at radius 2 is 1.93 bits per heavy atom. The van der Waals surface area contributed by atoms with Crippen molar-refractivity contribution in [3.8, 4) is 0 Å². The lowest BCUT2D eigenvalue weighted by Crippen LogP contribution is -2.04. The van der Waals surface area contributed by atoms with Gasteiger partial charge in [-0.15, -0.1) is 6.58 Å². The molecule has 0 aliphatic rings. The van der Waals surface area contributed by atoms with E-state index in [1.54, 1.807) is 0 Å². The van der Waals surface area contributed by atoms with Gasteiger partial charge in [0.05, 0.1) is 5.71 Å². The van der Waals surface area contributed by atoms with Crippen molar-refractivity contribution in [2.24, 2.45) is 10.9 Å². The second-order valence-electron chi connectivity index (χ2n) is 3.79. The molecular formula is C12H22BN. The predicted octanol–water partition coefficient (Wildman–Crippen LogP) is 2.59. The highest BCUT2D eigenvalue weighted by molar-refractivity contribution is 6.40. The van der Waals surface area contributed by atoms with Gasteiger partial charge in [-0.05, 0) is 31.8 Å². The van der Waals surface area contributed by atoms with E-state index in [0.717, 1.165) is 11.2 Å². The average Bonchev–Trinajstić information content (AvgIpc) is 2.15. The van der Waals surface area contributed by atoms with E-state index in [1.807, 2.05) is 14.9 Å². The molecule has 0 saturated heterocycles. The van der Waals surface area contributed by atoms with Crippen molar-refractivity contribution >= 4 is 13.6 Å². The van der Waals surface area contributed by atoms with Gasteiger partial charge in [0.25, 0.3) is 0 Å². The summed E-state index contributed by atoms with van der Waals surface area (Å²) in [6.07, 6.45) is 4.57. The van der Waals surface area contributed by atoms with Gasteiger partial charge in [0.15, 0.2) is 0 Å². The van der Waals surface area contributed by atoms with Crippen molar-refractivity contribution in [2.75, 3.05) is 7.05 Å². The Labute approximate surface area is 89.4 Å². The molecule has 0 bridgehead atoms. The van der Waals surface area contributed by atoms with Crippen molar-refractivity contribution < 1.29 is 0 Å². The van der Waals surface area contributed by atoms with Crippen LogP contribution in [0.25, 0.3) is 0 Å². The normalized spacial score (nSPS) is 13.5. The molecule has 0 unspecified atom stereocenters. The number of nitrogens with zero attached hydrogens (tertiary/aromatic N) is 1. The quantitative estimate of drug-likeness (QED) is 0.467. The Balaban J connectivity index is 4.71. The van der Waals surface area contributed by atoms with Gasteiger partial charge >= 0.3 is 0 Å². The lowest BCUT2D eigenvalue weighted by Gasteiger charge is -2.13. The summed E-state index contributed by atoms with van der Waals surface area (Å²) in [5, 5.41) is 0. The van der Waals surface area contributed by atoms with Crippen LogP contribution >= 0.6 is 0 Å². The number of allylic oxidation sites excluding steroid dienone is 3. The zero-order chi connectivity index (χ0) is 11.1. The third-order valence-corrected chi connectivity index (χ3v) is 2.67. The first-order valence-electron chi connectivity index (χ1n) is 5.37. The molecule has 0 aromatic carbocycles. The highest BCUT2D eigenvalue weighted by Crippen LogP contribution is 2.18. The summed E-state index contributed by atoms with van der Waals surface area (Å²) in [7, 11) is 3.82. The Morgan fingerprint density at radius 1 is 1.43 bits per heavy atom. The summed E-state index contributed by atoms with van der Waals surface area (Å²) in [4.78, 5) is 4.22. The van der Waals surface area contributed by atoms with Crippen molar-refractivity contribution in [3.63, 3.8) is 0 Å². The van der Waals surface area contributed by atoms with E-state index in [9.17, 15) is 0 Å². The molecule has 0 aromatic heterocycles. The van der Waals surface area contributed by atoms with Gasteiger partial charge in [-0.1, -0.05) is 24.9 Å². The average molecular weight is 191 g/mol. The van der Waals surface area contributed by atoms with Crippen molar-refractivity contribution in [1.29, 1.82) is 0 Å². The lowest BCUT2D eigenvalue weighted by atomic mass is 9.88. The van der Waals surface area contributed by atoms with Gasteiger partial charge in [-0.25, -0.2) is 0 Å². The van der Waals surface area contributed by atoms with Crippen LogP contribution in [0.4, 0.5) is 0 Å². The van der Waals surface area contributed by atoms with Crippen molar-refractivity contribution in [1.82, 2.24) is 0 Å². The van der Waals surface area contributed by atoms with Gasteiger partial charge < -0.3 is 0 Å². The third-order valence-electron chi connectivity index (χ3n) is 2.67. The molecule has 2 heteroatoms. The highest BCUT2D eigenvalue weighted by Gasteiger charge is 2.06. The van der Waals surface area contributed by atoms with E-state index in [0.29, 0.717) is 5.92 Å². The number of aliphatic imine (C=N–C) groups is 1. The first kappa shape index (κ1) is 13.2. The van der Waals surface area contributed by atoms with Crippen LogP contribution in [-0.4, -0.2) is 20.6 Å². The van der Waals surface area contributed by atoms with E-state index >= 15 is 0 Å². The first-order valence-corrected chi connectivity index (χ1v) is 5.37. The molecule has 0 aromatic rings. The Morgan fingerprint density at radius 3 is 2.21 bits per heavy atom. The summed E-state index contributed by atoms with van der Waals surface area (Å²) >= 11 is 0. The van der Waals surface area contributed by atoms with Crippen LogP contribution in [0.2, 0.25) is 0 Å². The van der Waals surface area contributed by atoms with Gasteiger partial charge in [0.1, 0.15) is 7.85 Å². The summed E-state index contributed by atoms with van der Waals surface area (Å²) in [5.41, 5.74) is 3.48. The molecule has 14 heavy (non-hydrogen) atoms. The monoisotopic (exact) mass is 191 g/mol. The van der Waals surface area contributed by atoms with E-state index in [-0.39, 0.29) is 0 Å². The first-order chi connectivity index (χ1) is 6.56. The maximum absolute atomic E-state index is 4.22. The largest absolute Gasteiger partial charge is 0.289 e. The third kappa shape index (κ3) is 3.95. The second-order valence-corrected chi connectivity index (χ2v) is 3.79. The molecule has 78 valence electrons. The van der Waals surface area contributed by atoms with Crippen LogP contribution in [0.5, 0.6) is 0 Å². The maximum atomic E-state index is 4.22. The molecule has 0 N–H and O–H groups in total. The van der Waals surface area contributed by atoms with E-state index in [1.165, 1.54) is 18.4 Å². The second kappa shape index (κ2) is 6.64. The summed E-state index contributed by atoms with van der Waals surface area (Å²) in [5.74, 6) is 0.686. The minimum absolute atomic E-state index is 0.686. The molecule has 0 radical (unpaired) electrons. The number of hydrogen-bond acceptors (Lipinski definition) is 1. The minimum atomic E-state index is 0.686. The fourth-order valence-corrected chi connectivity index (χ4v) is 1.64. The fraction of sp³-hybridized carbons (Fsp3) is 0.583. The Bertz CT molecular complexity index is 247. The minimum Gasteiger partial charge on any atom is -0.289 e. The molecule has 0 saturated carbocycles. The van der Waals surface area contributed by atoms with Gasteiger partial charge in [0, 0.05) is 7.05 Å². The van der Waals surface area contributed by atoms with Crippen molar-refractivity contribution in [2.45, 2.75) is 33.6 Å². The molecular weight excluding hydrogens is 169 g/mol. The van der Waals surface area contributed by atoms with E-state index in [4.69, 9.17) is 0 Å². The van der Waals surface area contributed by atoms with Gasteiger partial charge in [-0.3, -0.25) is 4.99 Å². The molecule has 0 rings (SSSR count). The van der Waals surface area contributed by atoms with Gasteiger partial charge in [-0.2, -0.15) is 0 Å². The smallest absolute Gasteiger partial charge is 0.141 e. The summed E-state index contributed by atoms with van der Waals surface area (Å²) < 4.78 is 0. The topological polar surface area (TPSA) is 12.4 Å². The lowest BCUT2D eigenvalue weighted by molar-refractivity contribution is 0.572. The molecule has 0 aliphatic heterocycles. The van der Waals surface area contributed by atoms with E-state index < -0.39 is 0 Å². The van der Waals surface area contributed by atoms with Crippen LogP contribution in [0.1, 0.15) is 33.6 Å². The standard InChI is InChI=1S/C12H22BN/c1-6-11(7-2)9(3)8-12(14-5)10(4)13/h8,11H,4,6-7,13H2,1-3,5H3/b9-8-,14-12+. The molecule has 0 amide bonds.